The monoisotopic (exact) mass is 432 g/mol. The van der Waals surface area contributed by atoms with Crippen LogP contribution >= 0.6 is 0 Å². The highest BCUT2D eigenvalue weighted by Crippen LogP contribution is 2.41. The molecular formula is C25H24N2O5. The maximum atomic E-state index is 13.2. The zero-order valence-corrected chi connectivity index (χ0v) is 18.1. The first-order valence-electron chi connectivity index (χ1n) is 10.1. The smallest absolute Gasteiger partial charge is 0.269 e. The van der Waals surface area contributed by atoms with Crippen LogP contribution in [-0.4, -0.2) is 38.2 Å². The molecule has 3 aromatic carbocycles. The normalized spacial score (nSPS) is 15.0. The van der Waals surface area contributed by atoms with Crippen molar-refractivity contribution in [3.63, 3.8) is 0 Å². The summed E-state index contributed by atoms with van der Waals surface area (Å²) in [7, 11) is 4.72. The van der Waals surface area contributed by atoms with E-state index in [-0.39, 0.29) is 18.2 Å². The van der Waals surface area contributed by atoms with Crippen LogP contribution in [0, 0.1) is 0 Å². The number of hydrazine groups is 1. The van der Waals surface area contributed by atoms with Crippen LogP contribution in [0.25, 0.3) is 0 Å². The second kappa shape index (κ2) is 9.01. The van der Waals surface area contributed by atoms with Crippen molar-refractivity contribution < 1.29 is 23.8 Å². The highest BCUT2D eigenvalue weighted by Gasteiger charge is 2.36. The Bertz CT molecular complexity index is 1130. The molecular weight excluding hydrogens is 408 g/mol. The van der Waals surface area contributed by atoms with E-state index in [4.69, 9.17) is 14.2 Å². The van der Waals surface area contributed by atoms with Crippen molar-refractivity contribution >= 4 is 11.8 Å². The molecule has 1 heterocycles. The molecule has 1 atom stereocenters. The van der Waals surface area contributed by atoms with Crippen molar-refractivity contribution in [1.82, 2.24) is 10.4 Å². The minimum atomic E-state index is -0.551. The van der Waals surface area contributed by atoms with Gasteiger partial charge in [0.15, 0.2) is 11.5 Å². The minimum Gasteiger partial charge on any atom is -0.497 e. The average Bonchev–Trinajstić information content (AvgIpc) is 2.84. The Morgan fingerprint density at radius 1 is 0.906 bits per heavy atom. The Kier molecular flexibility index (Phi) is 5.98. The summed E-state index contributed by atoms with van der Waals surface area (Å²) in [5, 5.41) is 1.39. The molecule has 1 N–H and O–H groups in total. The molecule has 0 aromatic heterocycles. The van der Waals surface area contributed by atoms with Gasteiger partial charge in [-0.1, -0.05) is 30.3 Å². The molecule has 4 rings (SSSR count). The average molecular weight is 432 g/mol. The number of ether oxygens (including phenoxy) is 3. The lowest BCUT2D eigenvalue weighted by Gasteiger charge is -2.37. The summed E-state index contributed by atoms with van der Waals surface area (Å²) in [6, 6.07) is 19.3. The molecule has 3 aromatic rings. The van der Waals surface area contributed by atoms with E-state index >= 15 is 0 Å². The van der Waals surface area contributed by atoms with Crippen LogP contribution in [0.2, 0.25) is 0 Å². The van der Waals surface area contributed by atoms with Gasteiger partial charge in [0, 0.05) is 5.56 Å². The topological polar surface area (TPSA) is 77.1 Å². The van der Waals surface area contributed by atoms with Gasteiger partial charge in [0.2, 0.25) is 5.91 Å². The molecule has 2 amide bonds. The molecule has 0 saturated carbocycles. The van der Waals surface area contributed by atoms with Gasteiger partial charge in [0.05, 0.1) is 27.8 Å². The van der Waals surface area contributed by atoms with Gasteiger partial charge in [-0.15, -0.1) is 0 Å². The highest BCUT2D eigenvalue weighted by molar-refractivity contribution is 5.96. The van der Waals surface area contributed by atoms with Crippen molar-refractivity contribution in [2.24, 2.45) is 0 Å². The summed E-state index contributed by atoms with van der Waals surface area (Å²) in [6.07, 6.45) is 0.122. The number of methoxy groups -OCH3 is 3. The molecule has 1 unspecified atom stereocenters. The van der Waals surface area contributed by atoms with Gasteiger partial charge in [0.1, 0.15) is 11.8 Å². The highest BCUT2D eigenvalue weighted by atomic mass is 16.5. The maximum absolute atomic E-state index is 13.2. The third kappa shape index (κ3) is 3.97. The quantitative estimate of drug-likeness (QED) is 0.645. The molecule has 7 heteroatoms. The van der Waals surface area contributed by atoms with Gasteiger partial charge >= 0.3 is 0 Å². The number of hydrogen-bond donors (Lipinski definition) is 1. The van der Waals surface area contributed by atoms with E-state index in [1.807, 2.05) is 42.5 Å². The molecule has 32 heavy (non-hydrogen) atoms. The minimum absolute atomic E-state index is 0.122. The number of amides is 2. The summed E-state index contributed by atoms with van der Waals surface area (Å²) >= 11 is 0. The maximum Gasteiger partial charge on any atom is 0.269 e. The molecule has 0 saturated heterocycles. The molecule has 0 fully saturated rings. The first-order chi connectivity index (χ1) is 15.5. The van der Waals surface area contributed by atoms with Crippen molar-refractivity contribution in [1.29, 1.82) is 0 Å². The summed E-state index contributed by atoms with van der Waals surface area (Å²) < 4.78 is 16.2. The standard InChI is InChI=1S/C25H24N2O5/c1-30-19-11-9-16(10-12-19)24-20-15-22(32-3)21(31-2)13-18(20)14-23(28)27(24)26-25(29)17-7-5-4-6-8-17/h4-13,15,24H,14H2,1-3H3,(H,26,29). The van der Waals surface area contributed by atoms with Crippen LogP contribution in [0.15, 0.2) is 66.7 Å². The zero-order chi connectivity index (χ0) is 22.7. The fourth-order valence-corrected chi connectivity index (χ4v) is 3.88. The van der Waals surface area contributed by atoms with E-state index in [9.17, 15) is 9.59 Å². The van der Waals surface area contributed by atoms with Gasteiger partial charge < -0.3 is 14.2 Å². The van der Waals surface area contributed by atoms with E-state index in [0.29, 0.717) is 22.8 Å². The number of nitrogens with one attached hydrogen (secondary N) is 1. The zero-order valence-electron chi connectivity index (χ0n) is 18.1. The van der Waals surface area contributed by atoms with E-state index in [1.54, 1.807) is 45.6 Å². The lowest BCUT2D eigenvalue weighted by Crippen LogP contribution is -2.51. The van der Waals surface area contributed by atoms with Crippen molar-refractivity contribution in [2.45, 2.75) is 12.5 Å². The Morgan fingerprint density at radius 3 is 2.19 bits per heavy atom. The number of hydrogen-bond acceptors (Lipinski definition) is 5. The number of benzene rings is 3. The van der Waals surface area contributed by atoms with E-state index in [2.05, 4.69) is 5.43 Å². The number of carbonyl (C=O) groups is 2. The van der Waals surface area contributed by atoms with Crippen LogP contribution in [0.5, 0.6) is 17.2 Å². The largest absolute Gasteiger partial charge is 0.497 e. The second-order valence-electron chi connectivity index (χ2n) is 7.33. The number of rotatable bonds is 6. The fraction of sp³-hybridized carbons (Fsp3) is 0.200. The number of carbonyl (C=O) groups excluding carboxylic acids is 2. The third-order valence-corrected chi connectivity index (χ3v) is 5.50. The predicted octanol–water partition coefficient (Wildman–Crippen LogP) is 3.53. The van der Waals surface area contributed by atoms with Crippen molar-refractivity contribution in [2.75, 3.05) is 21.3 Å². The Hall–Kier alpha value is -4.00. The van der Waals surface area contributed by atoms with Gasteiger partial charge in [0.25, 0.3) is 5.91 Å². The van der Waals surface area contributed by atoms with Gasteiger partial charge in [-0.2, -0.15) is 0 Å². The number of fused-ring (bicyclic) bond motifs is 1. The van der Waals surface area contributed by atoms with Crippen LogP contribution in [0.1, 0.15) is 33.1 Å². The Balaban J connectivity index is 1.81. The molecule has 0 aliphatic carbocycles. The first-order valence-corrected chi connectivity index (χ1v) is 10.1. The molecule has 1 aliphatic rings. The SMILES string of the molecule is COc1ccc(C2c3cc(OC)c(OC)cc3CC(=O)N2NC(=O)c2ccccc2)cc1. The van der Waals surface area contributed by atoms with Crippen LogP contribution in [-0.2, 0) is 11.2 Å². The summed E-state index contributed by atoms with van der Waals surface area (Å²) in [4.78, 5) is 26.1. The molecule has 0 bridgehead atoms. The van der Waals surface area contributed by atoms with E-state index in [0.717, 1.165) is 16.7 Å². The Labute approximate surface area is 186 Å². The predicted molar refractivity (Wildman–Crippen MR) is 119 cm³/mol. The van der Waals surface area contributed by atoms with E-state index < -0.39 is 6.04 Å². The second-order valence-corrected chi connectivity index (χ2v) is 7.33. The molecule has 0 spiro atoms. The lowest BCUT2D eigenvalue weighted by atomic mass is 9.88. The first kappa shape index (κ1) is 21.2. The van der Waals surface area contributed by atoms with E-state index in [1.165, 1.54) is 5.01 Å². The number of nitrogens with zero attached hydrogens (tertiary/aromatic N) is 1. The van der Waals surface area contributed by atoms with Crippen molar-refractivity contribution in [3.8, 4) is 17.2 Å². The summed E-state index contributed by atoms with van der Waals surface area (Å²) in [6.45, 7) is 0. The van der Waals surface area contributed by atoms with Crippen LogP contribution in [0.4, 0.5) is 0 Å². The Morgan fingerprint density at radius 2 is 1.56 bits per heavy atom. The summed E-state index contributed by atoms with van der Waals surface area (Å²) in [5.41, 5.74) is 5.76. The molecule has 7 nitrogen and oxygen atoms in total. The van der Waals surface area contributed by atoms with Crippen LogP contribution < -0.4 is 19.6 Å². The van der Waals surface area contributed by atoms with Crippen LogP contribution in [0.3, 0.4) is 0 Å². The third-order valence-electron chi connectivity index (χ3n) is 5.50. The molecule has 1 aliphatic heterocycles. The van der Waals surface area contributed by atoms with Gasteiger partial charge in [-0.3, -0.25) is 15.0 Å². The van der Waals surface area contributed by atoms with Gasteiger partial charge in [-0.05, 0) is 53.1 Å². The fourth-order valence-electron chi connectivity index (χ4n) is 3.88. The molecule has 0 radical (unpaired) electrons. The lowest BCUT2D eigenvalue weighted by molar-refractivity contribution is -0.136. The molecule has 164 valence electrons. The summed E-state index contributed by atoms with van der Waals surface area (Å²) in [5.74, 6) is 1.21. The van der Waals surface area contributed by atoms with Gasteiger partial charge in [-0.25, -0.2) is 5.01 Å². The van der Waals surface area contributed by atoms with Crippen molar-refractivity contribution in [3.05, 3.63) is 89.0 Å².